The number of urea groups is 2. The second kappa shape index (κ2) is 15.6. The number of rotatable bonds is 11. The summed E-state index contributed by atoms with van der Waals surface area (Å²) in [6, 6.07) is 23.4. The molecule has 4 N–H and O–H groups in total. The summed E-state index contributed by atoms with van der Waals surface area (Å²) in [5, 5.41) is 17.9. The number of aromatic nitrogens is 3. The van der Waals surface area contributed by atoms with E-state index in [0.717, 1.165) is 47.0 Å². The van der Waals surface area contributed by atoms with E-state index in [1.165, 1.54) is 16.8 Å². The van der Waals surface area contributed by atoms with Gasteiger partial charge in [0, 0.05) is 48.2 Å². The minimum absolute atomic E-state index is 0.151. The molecule has 14 heteroatoms. The summed E-state index contributed by atoms with van der Waals surface area (Å²) < 4.78 is 33.0. The van der Waals surface area contributed by atoms with E-state index in [1.807, 2.05) is 61.5 Å². The molecule has 1 aliphatic heterocycles. The lowest BCUT2D eigenvalue weighted by atomic mass is 10.1. The van der Waals surface area contributed by atoms with Gasteiger partial charge in [0.25, 0.3) is 0 Å². The van der Waals surface area contributed by atoms with Gasteiger partial charge in [0.15, 0.2) is 0 Å². The van der Waals surface area contributed by atoms with Crippen LogP contribution in [0.5, 0.6) is 11.5 Å². The minimum atomic E-state index is -3.25. The number of carbonyl (C=O) groups excluding carboxylic acids is 2. The largest absolute Gasteiger partial charge is 0.457 e. The van der Waals surface area contributed by atoms with Crippen molar-refractivity contribution in [2.75, 3.05) is 35.3 Å². The topological polar surface area (TPSA) is 160 Å². The molecule has 3 heterocycles. The van der Waals surface area contributed by atoms with Crippen LogP contribution in [0.4, 0.5) is 26.9 Å². The van der Waals surface area contributed by atoms with Crippen LogP contribution in [0.25, 0.3) is 16.5 Å². The molecule has 266 valence electrons. The highest BCUT2D eigenvalue weighted by Gasteiger charge is 2.26. The minimum Gasteiger partial charge on any atom is -0.457 e. The fraction of sp³-hybridized carbons (Fsp3) is 0.297. The molecule has 13 nitrogen and oxygen atoms in total. The summed E-state index contributed by atoms with van der Waals surface area (Å²) in [7, 11) is -3.25. The lowest BCUT2D eigenvalue weighted by molar-refractivity contribution is 0.238. The number of fused-ring (bicyclic) bond motifs is 1. The Bertz CT molecular complexity index is 2130. The molecule has 51 heavy (non-hydrogen) atoms. The van der Waals surface area contributed by atoms with Gasteiger partial charge < -0.3 is 15.4 Å². The van der Waals surface area contributed by atoms with E-state index in [0.29, 0.717) is 54.8 Å². The molecule has 0 saturated carbocycles. The number of anilines is 3. The first-order chi connectivity index (χ1) is 24.6. The van der Waals surface area contributed by atoms with E-state index in [9.17, 15) is 18.0 Å². The number of benzene rings is 3. The predicted octanol–water partition coefficient (Wildman–Crippen LogP) is 7.05. The van der Waals surface area contributed by atoms with E-state index in [4.69, 9.17) is 9.84 Å². The van der Waals surface area contributed by atoms with Crippen LogP contribution in [-0.2, 0) is 16.4 Å². The molecule has 2 aromatic heterocycles. The van der Waals surface area contributed by atoms with E-state index in [1.54, 1.807) is 28.9 Å². The molecule has 1 saturated heterocycles. The molecule has 6 rings (SSSR count). The normalized spacial score (nSPS) is 13.9. The van der Waals surface area contributed by atoms with Crippen LogP contribution in [0, 0.1) is 6.92 Å². The van der Waals surface area contributed by atoms with Gasteiger partial charge in [0.2, 0.25) is 10.0 Å². The molecule has 4 amide bonds. The molecule has 0 bridgehead atoms. The standard InChI is InChI=1S/C37H42N8O5S/c1-4-5-8-27-23-35(45(43-27)28-13-11-25(2)12-14-28)42-37(47)40-32-15-16-33(31-10-7-6-9-30(31)32)50-29-17-20-38-34(24-29)41-36(46)39-26-18-21-44(22-19-26)51(3,48)49/h6-7,9-17,20,23-24,26H,4-5,8,18-19,21-22H2,1-3H3,(H2,40,42,47)(H2,38,39,41,46). The number of amides is 4. The van der Waals surface area contributed by atoms with Crippen molar-refractivity contribution in [3.8, 4) is 17.2 Å². The number of pyridine rings is 1. The number of aryl methyl sites for hydroxylation is 2. The van der Waals surface area contributed by atoms with E-state index >= 15 is 0 Å². The molecule has 0 radical (unpaired) electrons. The summed E-state index contributed by atoms with van der Waals surface area (Å²) in [6.07, 6.45) is 6.63. The fourth-order valence-corrected chi connectivity index (χ4v) is 6.83. The zero-order valence-corrected chi connectivity index (χ0v) is 29.7. The molecular weight excluding hydrogens is 669 g/mol. The number of carbonyl (C=O) groups is 2. The van der Waals surface area contributed by atoms with Gasteiger partial charge in [-0.15, -0.1) is 0 Å². The van der Waals surface area contributed by atoms with Gasteiger partial charge in [0.05, 0.1) is 23.3 Å². The smallest absolute Gasteiger partial charge is 0.324 e. The maximum absolute atomic E-state index is 13.4. The summed E-state index contributed by atoms with van der Waals surface area (Å²) in [6.45, 7) is 4.88. The Morgan fingerprint density at radius 3 is 2.37 bits per heavy atom. The number of hydrogen-bond donors (Lipinski definition) is 4. The average Bonchev–Trinajstić information content (AvgIpc) is 3.50. The quantitative estimate of drug-likeness (QED) is 0.114. The van der Waals surface area contributed by atoms with Crippen LogP contribution in [0.2, 0.25) is 0 Å². The first-order valence-electron chi connectivity index (χ1n) is 17.0. The molecule has 5 aromatic rings. The van der Waals surface area contributed by atoms with Crippen molar-refractivity contribution in [1.29, 1.82) is 0 Å². The summed E-state index contributed by atoms with van der Waals surface area (Å²) >= 11 is 0. The fourth-order valence-electron chi connectivity index (χ4n) is 5.96. The summed E-state index contributed by atoms with van der Waals surface area (Å²) in [5.41, 5.74) is 3.49. The van der Waals surface area contributed by atoms with Gasteiger partial charge >= 0.3 is 12.1 Å². The number of nitrogens with zero attached hydrogens (tertiary/aromatic N) is 4. The molecule has 0 spiro atoms. The Balaban J connectivity index is 1.13. The van der Waals surface area contributed by atoms with Crippen molar-refractivity contribution < 1.29 is 22.7 Å². The highest BCUT2D eigenvalue weighted by molar-refractivity contribution is 7.88. The SMILES string of the molecule is CCCCc1cc(NC(=O)Nc2ccc(Oc3ccnc(NC(=O)NC4CCN(S(C)(=O)=O)CC4)c3)c3ccccc23)n(-c2ccc(C)cc2)n1. The highest BCUT2D eigenvalue weighted by atomic mass is 32.2. The van der Waals surface area contributed by atoms with E-state index in [2.05, 4.69) is 33.2 Å². The Hall–Kier alpha value is -5.47. The maximum atomic E-state index is 13.4. The second-order valence-electron chi connectivity index (χ2n) is 12.6. The van der Waals surface area contributed by atoms with Crippen molar-refractivity contribution in [1.82, 2.24) is 24.4 Å². The van der Waals surface area contributed by atoms with E-state index in [-0.39, 0.29) is 6.04 Å². The van der Waals surface area contributed by atoms with Gasteiger partial charge in [-0.2, -0.15) is 5.10 Å². The molecular formula is C37H42N8O5S. The van der Waals surface area contributed by atoms with Crippen LogP contribution in [0.3, 0.4) is 0 Å². The van der Waals surface area contributed by atoms with Gasteiger partial charge in [0.1, 0.15) is 23.1 Å². The van der Waals surface area contributed by atoms with Crippen LogP contribution >= 0.6 is 0 Å². The van der Waals surface area contributed by atoms with Crippen molar-refractivity contribution in [3.63, 3.8) is 0 Å². The lowest BCUT2D eigenvalue weighted by Gasteiger charge is -2.30. The average molecular weight is 711 g/mol. The van der Waals surface area contributed by atoms with Crippen molar-refractivity contribution in [3.05, 3.63) is 96.3 Å². The Kier molecular flexibility index (Phi) is 10.8. The number of sulfonamides is 1. The molecule has 1 aliphatic rings. The molecule has 0 aliphatic carbocycles. The number of ether oxygens (including phenoxy) is 1. The maximum Gasteiger partial charge on any atom is 0.324 e. The molecule has 0 unspecified atom stereocenters. The van der Waals surface area contributed by atoms with Crippen molar-refractivity contribution in [2.24, 2.45) is 0 Å². The monoisotopic (exact) mass is 710 g/mol. The third kappa shape index (κ3) is 9.01. The Morgan fingerprint density at radius 1 is 0.902 bits per heavy atom. The highest BCUT2D eigenvalue weighted by Crippen LogP contribution is 2.35. The van der Waals surface area contributed by atoms with Gasteiger partial charge in [-0.25, -0.2) is 32.0 Å². The number of unbranched alkanes of at least 4 members (excludes halogenated alkanes) is 1. The third-order valence-corrected chi connectivity index (χ3v) is 9.96. The van der Waals surface area contributed by atoms with E-state index < -0.39 is 22.1 Å². The van der Waals surface area contributed by atoms with Crippen molar-refractivity contribution >= 4 is 50.2 Å². The predicted molar refractivity (Wildman–Crippen MR) is 199 cm³/mol. The van der Waals surface area contributed by atoms with Gasteiger partial charge in [-0.1, -0.05) is 55.3 Å². The van der Waals surface area contributed by atoms with Gasteiger partial charge in [-0.3, -0.25) is 10.6 Å². The number of piperidine rings is 1. The first-order valence-corrected chi connectivity index (χ1v) is 18.8. The second-order valence-corrected chi connectivity index (χ2v) is 14.6. The van der Waals surface area contributed by atoms with Gasteiger partial charge in [-0.05, 0) is 62.9 Å². The van der Waals surface area contributed by atoms with Crippen molar-refractivity contribution in [2.45, 2.75) is 52.0 Å². The molecule has 1 fully saturated rings. The van der Waals surface area contributed by atoms with Crippen LogP contribution in [0.1, 0.15) is 43.9 Å². The van der Waals surface area contributed by atoms with Crippen LogP contribution in [0.15, 0.2) is 85.1 Å². The third-order valence-electron chi connectivity index (χ3n) is 8.66. The Labute approximate surface area is 297 Å². The zero-order valence-electron chi connectivity index (χ0n) is 28.8. The molecule has 0 atom stereocenters. The summed E-state index contributed by atoms with van der Waals surface area (Å²) in [5.74, 6) is 1.86. The zero-order chi connectivity index (χ0) is 36.0. The summed E-state index contributed by atoms with van der Waals surface area (Å²) in [4.78, 5) is 30.4. The number of hydrogen-bond acceptors (Lipinski definition) is 7. The lowest BCUT2D eigenvalue weighted by Crippen LogP contribution is -2.47. The molecule has 3 aromatic carbocycles. The number of nitrogens with one attached hydrogen (secondary N) is 4. The first kappa shape index (κ1) is 35.4. The van der Waals surface area contributed by atoms with Crippen LogP contribution in [-0.4, -0.2) is 64.9 Å². The Morgan fingerprint density at radius 2 is 1.65 bits per heavy atom. The van der Waals surface area contributed by atoms with Crippen LogP contribution < -0.4 is 26.0 Å².